The van der Waals surface area contributed by atoms with Crippen LogP contribution >= 0.6 is 17.0 Å². The van der Waals surface area contributed by atoms with E-state index >= 15 is 0 Å². The Morgan fingerprint density at radius 2 is 0.855 bits per heavy atom. The summed E-state index contributed by atoms with van der Waals surface area (Å²) in [6, 6.07) is 42.3. The minimum atomic E-state index is -1.24. The van der Waals surface area contributed by atoms with Crippen LogP contribution in [0.3, 0.4) is 0 Å². The molecule has 2 aliphatic rings. The summed E-state index contributed by atoms with van der Waals surface area (Å²) in [6.07, 6.45) is 19.3. The Morgan fingerprint density at radius 1 is 0.532 bits per heavy atom. The van der Waals surface area contributed by atoms with Crippen molar-refractivity contribution < 1.29 is 20.8 Å². The van der Waals surface area contributed by atoms with E-state index in [0.29, 0.717) is 10.8 Å². The van der Waals surface area contributed by atoms with E-state index in [2.05, 4.69) is 175 Å². The number of benzene rings is 4. The van der Waals surface area contributed by atoms with E-state index in [-0.39, 0.29) is 0 Å². The van der Waals surface area contributed by atoms with Crippen molar-refractivity contribution in [2.45, 2.75) is 156 Å². The van der Waals surface area contributed by atoms with Gasteiger partial charge in [0.15, 0.2) is 0 Å². The summed E-state index contributed by atoms with van der Waals surface area (Å²) in [4.78, 5) is 0. The second-order valence-electron chi connectivity index (χ2n) is 20.8. The molecule has 0 bridgehead atoms. The molecule has 6 aromatic rings. The van der Waals surface area contributed by atoms with Gasteiger partial charge in [0.2, 0.25) is 0 Å². The van der Waals surface area contributed by atoms with E-state index in [4.69, 9.17) is 17.0 Å². The van der Waals surface area contributed by atoms with Crippen molar-refractivity contribution in [2.75, 3.05) is 0 Å². The predicted molar refractivity (Wildman–Crippen MR) is 284 cm³/mol. The van der Waals surface area contributed by atoms with Crippen LogP contribution in [0.2, 0.25) is 52.4 Å². The molecule has 0 aromatic heterocycles. The van der Waals surface area contributed by atoms with E-state index in [1.807, 2.05) is 0 Å². The first kappa shape index (κ1) is 51.2. The number of rotatable bonds is 10. The molecule has 0 N–H and O–H groups in total. The zero-order valence-corrected chi connectivity index (χ0v) is 47.0. The Labute approximate surface area is 401 Å². The van der Waals surface area contributed by atoms with Crippen LogP contribution < -0.4 is 10.4 Å². The summed E-state index contributed by atoms with van der Waals surface area (Å²) in [7, 11) is 8.46. The van der Waals surface area contributed by atoms with Crippen molar-refractivity contribution >= 4 is 74.6 Å². The number of halogens is 2. The molecule has 2 aliphatic carbocycles. The molecule has 0 spiro atoms. The van der Waals surface area contributed by atoms with E-state index < -0.39 is 37.0 Å². The van der Waals surface area contributed by atoms with Crippen molar-refractivity contribution in [3.05, 3.63) is 120 Å². The van der Waals surface area contributed by atoms with Crippen LogP contribution in [0.4, 0.5) is 0 Å². The maximum absolute atomic E-state index is 4.93. The van der Waals surface area contributed by atoms with Gasteiger partial charge in [0.25, 0.3) is 0 Å². The standard InChI is InChI=1S/2C27H35Si.C2H6Si.2ClH.Zr/c2*1-5-27(16-7-6-8-17-27)20-21-18-23-10-9-11-25(26(23)19-21)22-12-14-24(15-13-22)28(2,3)4;1-3-2;;;/h2*9-15,18-19H,5-8,16-17,20H2,1-4H3;1-2H3;2*1H;/q2*-1;;;;+4/p-2. The fraction of sp³-hybridized carbons (Fsp3) is 0.464. The van der Waals surface area contributed by atoms with Gasteiger partial charge in [-0.2, -0.15) is 12.1 Å². The molecule has 0 atom stereocenters. The third kappa shape index (κ3) is 13.6. The Bertz CT molecular complexity index is 2080. The topological polar surface area (TPSA) is 0 Å². The van der Waals surface area contributed by atoms with Crippen molar-refractivity contribution in [1.29, 1.82) is 0 Å². The summed E-state index contributed by atoms with van der Waals surface area (Å²) in [5, 5.41) is 8.75. The van der Waals surface area contributed by atoms with Crippen molar-refractivity contribution in [1.82, 2.24) is 0 Å². The summed E-state index contributed by atoms with van der Waals surface area (Å²) in [5.74, 6) is 0. The summed E-state index contributed by atoms with van der Waals surface area (Å²) in [5.41, 5.74) is 9.67. The van der Waals surface area contributed by atoms with Gasteiger partial charge in [-0.15, -0.1) is 69.1 Å². The summed E-state index contributed by atoms with van der Waals surface area (Å²) < 4.78 is 0. The van der Waals surface area contributed by atoms with Gasteiger partial charge in [-0.1, -0.05) is 200 Å². The van der Waals surface area contributed by atoms with Gasteiger partial charge >= 0.3 is 37.9 Å². The molecule has 0 unspecified atom stereocenters. The third-order valence-corrected chi connectivity index (χ3v) is 18.4. The van der Waals surface area contributed by atoms with Crippen LogP contribution in [0.1, 0.15) is 102 Å². The summed E-state index contributed by atoms with van der Waals surface area (Å²) >= 11 is -0.826. The first-order valence-electron chi connectivity index (χ1n) is 23.8. The van der Waals surface area contributed by atoms with Gasteiger partial charge in [-0.05, 0) is 60.5 Å². The molecule has 8 rings (SSSR count). The average Bonchev–Trinajstić information content (AvgIpc) is 3.87. The van der Waals surface area contributed by atoms with Gasteiger partial charge in [0.1, 0.15) is 0 Å². The molecule has 2 fully saturated rings. The fourth-order valence-electron chi connectivity index (χ4n) is 10.4. The van der Waals surface area contributed by atoms with Crippen LogP contribution in [0.5, 0.6) is 0 Å². The molecule has 2 saturated carbocycles. The molecule has 0 saturated heterocycles. The minimum absolute atomic E-state index is 0.543. The van der Waals surface area contributed by atoms with Gasteiger partial charge < -0.3 is 0 Å². The molecule has 2 radical (unpaired) electrons. The van der Waals surface area contributed by atoms with Crippen LogP contribution in [0.25, 0.3) is 43.8 Å². The van der Waals surface area contributed by atoms with E-state index in [0.717, 1.165) is 9.52 Å². The second kappa shape index (κ2) is 23.6. The predicted octanol–water partition coefficient (Wildman–Crippen LogP) is 17.5. The average molecular weight is 996 g/mol. The summed E-state index contributed by atoms with van der Waals surface area (Å²) in [6.45, 7) is 23.6. The van der Waals surface area contributed by atoms with Crippen LogP contribution in [0.15, 0.2) is 109 Å². The van der Waals surface area contributed by atoms with Gasteiger partial charge in [-0.25, -0.2) is 0 Å². The number of fused-ring (bicyclic) bond motifs is 2. The van der Waals surface area contributed by atoms with Crippen molar-refractivity contribution in [3.63, 3.8) is 0 Å². The molecule has 0 nitrogen and oxygen atoms in total. The zero-order chi connectivity index (χ0) is 45.0. The molecular weight excluding hydrogens is 919 g/mol. The van der Waals surface area contributed by atoms with Gasteiger partial charge in [-0.3, -0.25) is 0 Å². The Morgan fingerprint density at radius 3 is 1.15 bits per heavy atom. The Kier molecular flexibility index (Phi) is 19.5. The maximum atomic E-state index is 4.93. The van der Waals surface area contributed by atoms with Gasteiger partial charge in [0.05, 0.1) is 16.1 Å². The van der Waals surface area contributed by atoms with Crippen LogP contribution in [-0.2, 0) is 33.7 Å². The molecule has 0 aliphatic heterocycles. The van der Waals surface area contributed by atoms with Crippen LogP contribution in [-0.4, -0.2) is 25.7 Å². The van der Waals surface area contributed by atoms with Crippen molar-refractivity contribution in [2.24, 2.45) is 10.8 Å². The van der Waals surface area contributed by atoms with Crippen molar-refractivity contribution in [3.8, 4) is 22.3 Å². The Balaban J connectivity index is 0.000000208. The quantitative estimate of drug-likeness (QED) is 0.0948. The first-order chi connectivity index (χ1) is 29.6. The molecule has 0 amide bonds. The first-order valence-corrected chi connectivity index (χ1v) is 39.1. The van der Waals surface area contributed by atoms with Gasteiger partial charge in [0, 0.05) is 9.52 Å². The SMILES string of the molecule is CCC1(Cc2cc3c(-c4ccc([Si](C)(C)C)cc4)cccc3[cH-]2)CCCCC1.CCC1(Cc2cc3c(-c4ccc([Si](C)(C)C)cc4)cccc3[cH-]2)CCCCC1.C[Si]C.[Cl][Zr+2][Cl]. The fourth-order valence-corrected chi connectivity index (χ4v) is 12.7. The Hall–Kier alpha value is -1.79. The molecule has 6 heteroatoms. The van der Waals surface area contributed by atoms with E-state index in [1.54, 1.807) is 11.1 Å². The third-order valence-electron chi connectivity index (χ3n) is 14.2. The second-order valence-corrected chi connectivity index (χ2v) is 35.6. The number of hydrogen-bond donors (Lipinski definition) is 0. The normalized spacial score (nSPS) is 15.9. The monoisotopic (exact) mass is 992 g/mol. The van der Waals surface area contributed by atoms with E-state index in [1.165, 1.54) is 144 Å². The number of hydrogen-bond acceptors (Lipinski definition) is 0. The molecule has 330 valence electrons. The van der Waals surface area contributed by atoms with E-state index in [9.17, 15) is 0 Å². The zero-order valence-electron chi connectivity index (χ0n) is 40.0. The molecule has 0 heterocycles. The molecular formula is C56H76Cl2Si3Zr. The van der Waals surface area contributed by atoms with Crippen LogP contribution in [0, 0.1) is 10.8 Å². The molecule has 6 aromatic carbocycles. The molecule has 62 heavy (non-hydrogen) atoms.